The van der Waals surface area contributed by atoms with E-state index in [-0.39, 0.29) is 6.54 Å². The van der Waals surface area contributed by atoms with Gasteiger partial charge in [-0.2, -0.15) is 10.1 Å². The summed E-state index contributed by atoms with van der Waals surface area (Å²) in [5.74, 6) is -2.49. The third kappa shape index (κ3) is 4.19. The summed E-state index contributed by atoms with van der Waals surface area (Å²) in [6.07, 6.45) is -0.494. The summed E-state index contributed by atoms with van der Waals surface area (Å²) in [6.45, 7) is 2.95. The molecule has 2 atom stereocenters. The molecule has 172 valence electrons. The van der Waals surface area contributed by atoms with Gasteiger partial charge in [-0.3, -0.25) is 14.4 Å². The van der Waals surface area contributed by atoms with Gasteiger partial charge in [0.1, 0.15) is 5.54 Å². The Morgan fingerprint density at radius 1 is 1.12 bits per heavy atom. The smallest absolute Gasteiger partial charge is 0.347 e. The Morgan fingerprint density at radius 3 is 2.24 bits per heavy atom. The van der Waals surface area contributed by atoms with E-state index in [1.54, 1.807) is 61.5 Å². The lowest BCUT2D eigenvalue weighted by atomic mass is 9.90. The molecule has 2 aromatic carbocycles. The third-order valence-corrected chi connectivity index (χ3v) is 5.91. The molecule has 0 radical (unpaired) electrons. The van der Waals surface area contributed by atoms with Crippen LogP contribution in [0.4, 0.5) is 4.79 Å². The number of imide groups is 1. The molecule has 1 aliphatic heterocycles. The molecule has 1 aliphatic rings. The van der Waals surface area contributed by atoms with Gasteiger partial charge < -0.3 is 10.0 Å². The predicted molar refractivity (Wildman–Crippen MR) is 117 cm³/mol. The minimum Gasteiger partial charge on any atom is -0.481 e. The third-order valence-electron chi connectivity index (χ3n) is 5.91. The maximum Gasteiger partial charge on any atom is 0.347 e. The Balaban J connectivity index is 2.08. The van der Waals surface area contributed by atoms with Gasteiger partial charge in [-0.15, -0.1) is 0 Å². The minimum atomic E-state index is -1.42. The zero-order valence-electron chi connectivity index (χ0n) is 18.6. The number of likely N-dealkylation sites (N-methyl/N-ethyl adjacent to an activating group) is 1. The molecule has 3 rings (SSSR count). The van der Waals surface area contributed by atoms with Crippen molar-refractivity contribution in [2.45, 2.75) is 38.4 Å². The van der Waals surface area contributed by atoms with Crippen LogP contribution in [0.1, 0.15) is 43.0 Å². The highest BCUT2D eigenvalue weighted by atomic mass is 16.4. The van der Waals surface area contributed by atoms with Crippen LogP contribution >= 0.6 is 0 Å². The lowest BCUT2D eigenvalue weighted by Gasteiger charge is -2.35. The van der Waals surface area contributed by atoms with Crippen LogP contribution in [-0.4, -0.2) is 50.9 Å². The highest BCUT2D eigenvalue weighted by Gasteiger charge is 2.57. The second kappa shape index (κ2) is 9.19. The summed E-state index contributed by atoms with van der Waals surface area (Å²) < 4.78 is 0. The van der Waals surface area contributed by atoms with Crippen LogP contribution in [0.5, 0.6) is 0 Å². The van der Waals surface area contributed by atoms with Gasteiger partial charge in [0.05, 0.1) is 19.0 Å². The average molecular weight is 451 g/mol. The average Bonchev–Trinajstić information content (AvgIpc) is 2.96. The highest BCUT2D eigenvalue weighted by Crippen LogP contribution is 2.39. The van der Waals surface area contributed by atoms with E-state index in [4.69, 9.17) is 5.53 Å². The molecule has 1 saturated heterocycles. The molecule has 0 saturated carbocycles. The molecule has 0 spiro atoms. The van der Waals surface area contributed by atoms with E-state index in [1.807, 2.05) is 0 Å². The van der Waals surface area contributed by atoms with Crippen LogP contribution in [0.25, 0.3) is 0 Å². The molecule has 1 fully saturated rings. The van der Waals surface area contributed by atoms with E-state index in [0.717, 1.165) is 15.6 Å². The van der Waals surface area contributed by atoms with Gasteiger partial charge in [-0.1, -0.05) is 54.6 Å². The molecule has 4 amide bonds. The van der Waals surface area contributed by atoms with Crippen LogP contribution in [0.15, 0.2) is 59.7 Å². The fourth-order valence-corrected chi connectivity index (χ4v) is 3.99. The van der Waals surface area contributed by atoms with Crippen LogP contribution in [0, 0.1) is 5.53 Å². The van der Waals surface area contributed by atoms with Gasteiger partial charge in [0.2, 0.25) is 5.91 Å². The zero-order chi connectivity index (χ0) is 24.3. The number of amides is 4. The van der Waals surface area contributed by atoms with Gasteiger partial charge in [0, 0.05) is 14.0 Å². The van der Waals surface area contributed by atoms with Crippen molar-refractivity contribution in [3.8, 4) is 0 Å². The number of benzene rings is 2. The molecule has 1 heterocycles. The lowest BCUT2D eigenvalue weighted by molar-refractivity contribution is -0.162. The quantitative estimate of drug-likeness (QED) is 0.469. The van der Waals surface area contributed by atoms with Gasteiger partial charge in [-0.25, -0.2) is 15.3 Å². The molecule has 10 nitrogen and oxygen atoms in total. The molecule has 10 heteroatoms. The summed E-state index contributed by atoms with van der Waals surface area (Å²) in [5, 5.41) is 14.5. The van der Waals surface area contributed by atoms with Gasteiger partial charge in [-0.05, 0) is 23.6 Å². The first-order chi connectivity index (χ1) is 15.6. The van der Waals surface area contributed by atoms with Crippen molar-refractivity contribution in [2.24, 2.45) is 5.11 Å². The van der Waals surface area contributed by atoms with Crippen molar-refractivity contribution >= 4 is 23.8 Å². The monoisotopic (exact) mass is 451 g/mol. The van der Waals surface area contributed by atoms with E-state index >= 15 is 0 Å². The minimum absolute atomic E-state index is 0.192. The van der Waals surface area contributed by atoms with Gasteiger partial charge >= 0.3 is 12.0 Å². The molecule has 0 aromatic heterocycles. The van der Waals surface area contributed by atoms with Crippen molar-refractivity contribution < 1.29 is 24.3 Å². The molecule has 0 unspecified atom stereocenters. The molecular formula is C23H25N5O5. The first-order valence-corrected chi connectivity index (χ1v) is 10.2. The summed E-state index contributed by atoms with van der Waals surface area (Å²) in [5.41, 5.74) is 7.33. The van der Waals surface area contributed by atoms with Crippen LogP contribution in [-0.2, 0) is 26.5 Å². The number of nitrogens with zero attached hydrogens (tertiary/aromatic N) is 4. The second-order valence-corrected chi connectivity index (χ2v) is 7.93. The number of hydrogen-bond acceptors (Lipinski definition) is 6. The van der Waals surface area contributed by atoms with Gasteiger partial charge in [0.15, 0.2) is 0 Å². The Kier molecular flexibility index (Phi) is 6.57. The number of carbonyl (C=O) groups excluding carboxylic acids is 3. The Morgan fingerprint density at radius 2 is 1.73 bits per heavy atom. The van der Waals surface area contributed by atoms with Gasteiger partial charge in [0.25, 0.3) is 5.91 Å². The molecule has 0 aliphatic carbocycles. The normalized spacial score (nSPS) is 18.9. The summed E-state index contributed by atoms with van der Waals surface area (Å²) >= 11 is 0. The largest absolute Gasteiger partial charge is 0.481 e. The second-order valence-electron chi connectivity index (χ2n) is 7.93. The fraction of sp³-hybridized carbons (Fsp3) is 0.304. The van der Waals surface area contributed by atoms with Crippen LogP contribution in [0.2, 0.25) is 0 Å². The lowest BCUT2D eigenvalue weighted by Crippen LogP contribution is -2.52. The number of carboxylic acids is 1. The van der Waals surface area contributed by atoms with E-state index in [0.29, 0.717) is 11.1 Å². The number of hydrogen-bond donors (Lipinski definition) is 2. The van der Waals surface area contributed by atoms with Crippen LogP contribution in [0.3, 0.4) is 0 Å². The Bertz CT molecular complexity index is 1090. The van der Waals surface area contributed by atoms with E-state index in [2.05, 4.69) is 5.11 Å². The molecular weight excluding hydrogens is 426 g/mol. The number of nitrogens with one attached hydrogen (secondary N) is 1. The first-order valence-electron chi connectivity index (χ1n) is 10.2. The SMILES string of the molecule is CC(=O)N([C@H](CC(=O)O)c1ccccc1)N1C(=O)N(C)[C@](C)(c2ccc(CN=N)cc2)C1=O. The van der Waals surface area contributed by atoms with Crippen LogP contribution < -0.4 is 0 Å². The van der Waals surface area contributed by atoms with Crippen molar-refractivity contribution in [3.05, 3.63) is 71.3 Å². The van der Waals surface area contributed by atoms with E-state index < -0.39 is 41.8 Å². The first kappa shape index (κ1) is 23.6. The van der Waals surface area contributed by atoms with Crippen molar-refractivity contribution in [1.29, 1.82) is 5.53 Å². The summed E-state index contributed by atoms with van der Waals surface area (Å²) in [7, 11) is 1.46. The maximum absolute atomic E-state index is 13.7. The number of hydrazine groups is 1. The molecule has 2 N–H and O–H groups in total. The van der Waals surface area contributed by atoms with Crippen molar-refractivity contribution in [1.82, 2.24) is 14.9 Å². The predicted octanol–water partition coefficient (Wildman–Crippen LogP) is 3.31. The molecule has 0 bridgehead atoms. The molecule has 2 aromatic rings. The number of rotatable bonds is 8. The Labute approximate surface area is 190 Å². The summed E-state index contributed by atoms with van der Waals surface area (Å²) in [6, 6.07) is 13.4. The topological polar surface area (TPSA) is 134 Å². The fourth-order valence-electron chi connectivity index (χ4n) is 3.99. The standard InChI is InChI=1S/C23H25N5O5/c1-15(29)27(19(13-20(30)31)17-7-5-4-6-8-17)28-21(32)23(2,26(3)22(28)33)18-11-9-16(10-12-18)14-25-24/h4-12,19,24H,13-14H2,1-3H3,(H,30,31)/t19-,23-/m1/s1. The summed E-state index contributed by atoms with van der Waals surface area (Å²) in [4.78, 5) is 52.6. The number of aliphatic carboxylic acids is 1. The number of urea groups is 1. The van der Waals surface area contributed by atoms with Crippen molar-refractivity contribution in [3.63, 3.8) is 0 Å². The van der Waals surface area contributed by atoms with E-state index in [9.17, 15) is 24.3 Å². The highest BCUT2D eigenvalue weighted by molar-refractivity contribution is 6.08. The van der Waals surface area contributed by atoms with E-state index in [1.165, 1.54) is 18.9 Å². The zero-order valence-corrected chi connectivity index (χ0v) is 18.6. The number of carboxylic acid groups (broad SMARTS) is 1. The maximum atomic E-state index is 13.7. The number of carbonyl (C=O) groups is 4. The van der Waals surface area contributed by atoms with Crippen molar-refractivity contribution in [2.75, 3.05) is 7.05 Å². The molecule has 33 heavy (non-hydrogen) atoms. The Hall–Kier alpha value is -4.08.